The molecule has 1 aliphatic heterocycles. The summed E-state index contributed by atoms with van der Waals surface area (Å²) in [5, 5.41) is 2.42. The molecule has 1 fully saturated rings. The average molecular weight is 413 g/mol. The van der Waals surface area contributed by atoms with Crippen molar-refractivity contribution in [3.05, 3.63) is 35.1 Å². The molecule has 0 N–H and O–H groups in total. The van der Waals surface area contributed by atoms with Crippen LogP contribution < -0.4 is 0 Å². The second kappa shape index (κ2) is 7.69. The normalized spacial score (nSPS) is 18.2. The lowest BCUT2D eigenvalue weighted by molar-refractivity contribution is -0.141. The molecule has 2 aromatic heterocycles. The van der Waals surface area contributed by atoms with Crippen molar-refractivity contribution in [1.82, 2.24) is 14.9 Å². The number of aromatic nitrogens is 2. The molecule has 1 atom stereocenters. The van der Waals surface area contributed by atoms with Crippen LogP contribution in [0, 0.1) is 0 Å². The zero-order valence-electron chi connectivity index (χ0n) is 15.9. The third kappa shape index (κ3) is 4.81. The number of halogens is 3. The Labute approximate surface area is 165 Å². The first-order valence-electron chi connectivity index (χ1n) is 9.03. The van der Waals surface area contributed by atoms with E-state index in [2.05, 4.69) is 9.97 Å². The van der Waals surface area contributed by atoms with Crippen LogP contribution in [0.2, 0.25) is 0 Å². The predicted octanol–water partition coefficient (Wildman–Crippen LogP) is 5.69. The SMILES string of the molecule is CC(C)(C)OC(=O)N1CCCC[C@@H]1c1csc(-c2ccc(C(F)(F)F)nc2)n1. The Morgan fingerprint density at radius 2 is 2.00 bits per heavy atom. The van der Waals surface area contributed by atoms with E-state index in [4.69, 9.17) is 4.74 Å². The third-order valence-electron chi connectivity index (χ3n) is 4.30. The van der Waals surface area contributed by atoms with Crippen LogP contribution in [0.5, 0.6) is 0 Å². The van der Waals surface area contributed by atoms with Crippen molar-refractivity contribution in [1.29, 1.82) is 0 Å². The van der Waals surface area contributed by atoms with Crippen LogP contribution in [-0.2, 0) is 10.9 Å². The van der Waals surface area contributed by atoms with E-state index in [0.29, 0.717) is 17.1 Å². The van der Waals surface area contributed by atoms with Gasteiger partial charge in [-0.05, 0) is 52.2 Å². The largest absolute Gasteiger partial charge is 0.444 e. The molecule has 0 saturated carbocycles. The van der Waals surface area contributed by atoms with E-state index in [-0.39, 0.29) is 12.1 Å². The lowest BCUT2D eigenvalue weighted by atomic mass is 10.0. The van der Waals surface area contributed by atoms with Gasteiger partial charge in [-0.15, -0.1) is 11.3 Å². The number of piperidine rings is 1. The van der Waals surface area contributed by atoms with E-state index in [1.807, 2.05) is 26.2 Å². The van der Waals surface area contributed by atoms with Gasteiger partial charge in [-0.1, -0.05) is 0 Å². The molecule has 0 unspecified atom stereocenters. The highest BCUT2D eigenvalue weighted by molar-refractivity contribution is 7.13. The highest BCUT2D eigenvalue weighted by Crippen LogP contribution is 2.35. The molecule has 3 heterocycles. The predicted molar refractivity (Wildman–Crippen MR) is 99.9 cm³/mol. The third-order valence-corrected chi connectivity index (χ3v) is 5.20. The fraction of sp³-hybridized carbons (Fsp3) is 0.526. The summed E-state index contributed by atoms with van der Waals surface area (Å²) < 4.78 is 43.6. The van der Waals surface area contributed by atoms with Crippen molar-refractivity contribution < 1.29 is 22.7 Å². The number of carbonyl (C=O) groups excluding carboxylic acids is 1. The topological polar surface area (TPSA) is 55.3 Å². The first-order valence-corrected chi connectivity index (χ1v) is 9.91. The maximum atomic E-state index is 12.7. The number of rotatable bonds is 2. The van der Waals surface area contributed by atoms with Crippen LogP contribution in [0.15, 0.2) is 23.7 Å². The number of nitrogens with zero attached hydrogens (tertiary/aromatic N) is 3. The fourth-order valence-corrected chi connectivity index (χ4v) is 3.90. The number of ether oxygens (including phenoxy) is 1. The number of likely N-dealkylation sites (tertiary alicyclic amines) is 1. The first-order chi connectivity index (χ1) is 13.0. The number of alkyl halides is 3. The molecule has 1 aliphatic rings. The molecule has 152 valence electrons. The number of amides is 1. The first kappa shape index (κ1) is 20.6. The minimum Gasteiger partial charge on any atom is -0.444 e. The molecule has 0 bridgehead atoms. The lowest BCUT2D eigenvalue weighted by Crippen LogP contribution is -2.42. The molecule has 0 spiro atoms. The molecule has 5 nitrogen and oxygen atoms in total. The Kier molecular flexibility index (Phi) is 5.65. The standard InChI is InChI=1S/C19H22F3N3O2S/c1-18(2,3)27-17(26)25-9-5-4-6-14(25)13-11-28-16(24-13)12-7-8-15(23-10-12)19(20,21)22/h7-8,10-11,14H,4-6,9H2,1-3H3/t14-/m1/s1. The summed E-state index contributed by atoms with van der Waals surface area (Å²) >= 11 is 1.33. The molecule has 0 aromatic carbocycles. The van der Waals surface area contributed by atoms with E-state index >= 15 is 0 Å². The average Bonchev–Trinajstić information content (AvgIpc) is 3.09. The summed E-state index contributed by atoms with van der Waals surface area (Å²) in [7, 11) is 0. The van der Waals surface area contributed by atoms with Crippen LogP contribution in [0.4, 0.5) is 18.0 Å². The second-order valence-electron chi connectivity index (χ2n) is 7.69. The Morgan fingerprint density at radius 1 is 1.25 bits per heavy atom. The number of thiazole rings is 1. The number of carbonyl (C=O) groups is 1. The molecule has 2 aromatic rings. The summed E-state index contributed by atoms with van der Waals surface area (Å²) in [4.78, 5) is 22.3. The molecule has 0 aliphatic carbocycles. The van der Waals surface area contributed by atoms with Gasteiger partial charge in [0, 0.05) is 23.7 Å². The van der Waals surface area contributed by atoms with Gasteiger partial charge in [0.1, 0.15) is 16.3 Å². The fourth-order valence-electron chi connectivity index (χ4n) is 3.04. The van der Waals surface area contributed by atoms with Gasteiger partial charge in [-0.2, -0.15) is 13.2 Å². The van der Waals surface area contributed by atoms with Gasteiger partial charge in [0.05, 0.1) is 11.7 Å². The van der Waals surface area contributed by atoms with Gasteiger partial charge >= 0.3 is 12.3 Å². The van der Waals surface area contributed by atoms with Gasteiger partial charge in [0.15, 0.2) is 0 Å². The van der Waals surface area contributed by atoms with Crippen molar-refractivity contribution in [3.63, 3.8) is 0 Å². The molecular weight excluding hydrogens is 391 g/mol. The monoisotopic (exact) mass is 413 g/mol. The Bertz CT molecular complexity index is 828. The quantitative estimate of drug-likeness (QED) is 0.635. The van der Waals surface area contributed by atoms with E-state index in [1.54, 1.807) is 4.90 Å². The molecule has 9 heteroatoms. The lowest BCUT2D eigenvalue weighted by Gasteiger charge is -2.36. The van der Waals surface area contributed by atoms with Crippen molar-refractivity contribution in [3.8, 4) is 10.6 Å². The second-order valence-corrected chi connectivity index (χ2v) is 8.55. The molecule has 0 radical (unpaired) electrons. The van der Waals surface area contributed by atoms with E-state index in [0.717, 1.165) is 31.0 Å². The van der Waals surface area contributed by atoms with E-state index in [9.17, 15) is 18.0 Å². The van der Waals surface area contributed by atoms with Crippen molar-refractivity contribution in [2.45, 2.75) is 57.9 Å². The van der Waals surface area contributed by atoms with Crippen LogP contribution >= 0.6 is 11.3 Å². The van der Waals surface area contributed by atoms with E-state index < -0.39 is 17.5 Å². The van der Waals surface area contributed by atoms with Crippen LogP contribution in [0.1, 0.15) is 57.5 Å². The highest BCUT2D eigenvalue weighted by Gasteiger charge is 2.34. The number of hydrogen-bond donors (Lipinski definition) is 0. The Balaban J connectivity index is 1.80. The van der Waals surface area contributed by atoms with Gasteiger partial charge in [-0.25, -0.2) is 9.78 Å². The van der Waals surface area contributed by atoms with Crippen LogP contribution in [0.3, 0.4) is 0 Å². The molecular formula is C19H22F3N3O2S. The van der Waals surface area contributed by atoms with Gasteiger partial charge in [0.25, 0.3) is 0 Å². The molecule has 28 heavy (non-hydrogen) atoms. The number of hydrogen-bond acceptors (Lipinski definition) is 5. The maximum absolute atomic E-state index is 12.7. The van der Waals surface area contributed by atoms with Crippen LogP contribution in [-0.4, -0.2) is 33.1 Å². The summed E-state index contributed by atoms with van der Waals surface area (Å²) in [6.07, 6.45) is -1.02. The molecule has 1 amide bonds. The maximum Gasteiger partial charge on any atom is 0.433 e. The smallest absolute Gasteiger partial charge is 0.433 e. The minimum atomic E-state index is -4.47. The summed E-state index contributed by atoms with van der Waals surface area (Å²) in [6.45, 7) is 6.06. The van der Waals surface area contributed by atoms with Gasteiger partial charge < -0.3 is 4.74 Å². The highest BCUT2D eigenvalue weighted by atomic mass is 32.1. The van der Waals surface area contributed by atoms with Gasteiger partial charge in [0.2, 0.25) is 0 Å². The van der Waals surface area contributed by atoms with Gasteiger partial charge in [-0.3, -0.25) is 9.88 Å². The van der Waals surface area contributed by atoms with Crippen molar-refractivity contribution in [2.24, 2.45) is 0 Å². The minimum absolute atomic E-state index is 0.198. The van der Waals surface area contributed by atoms with Crippen LogP contribution in [0.25, 0.3) is 10.6 Å². The summed E-state index contributed by atoms with van der Waals surface area (Å²) in [6, 6.07) is 2.12. The molecule has 1 saturated heterocycles. The Hall–Kier alpha value is -2.16. The summed E-state index contributed by atoms with van der Waals surface area (Å²) in [5.41, 5.74) is -0.274. The van der Waals surface area contributed by atoms with Crippen molar-refractivity contribution in [2.75, 3.05) is 6.54 Å². The van der Waals surface area contributed by atoms with E-state index in [1.165, 1.54) is 23.6 Å². The Morgan fingerprint density at radius 3 is 2.61 bits per heavy atom. The van der Waals surface area contributed by atoms with Crippen molar-refractivity contribution >= 4 is 17.4 Å². The molecule has 3 rings (SSSR count). The zero-order chi connectivity index (χ0) is 20.5. The number of pyridine rings is 1. The zero-order valence-corrected chi connectivity index (χ0v) is 16.7. The summed E-state index contributed by atoms with van der Waals surface area (Å²) in [5.74, 6) is 0.